The van der Waals surface area contributed by atoms with Gasteiger partial charge in [0.1, 0.15) is 0 Å². The molecule has 10 heteroatoms. The van der Waals surface area contributed by atoms with E-state index in [0.29, 0.717) is 37.6 Å². The van der Waals surface area contributed by atoms with E-state index in [0.717, 1.165) is 0 Å². The zero-order chi connectivity index (χ0) is 23.5. The number of carbonyl (C=O) groups is 2. The number of hydrogen-bond donors (Lipinski definition) is 0. The summed E-state index contributed by atoms with van der Waals surface area (Å²) in [6.07, 6.45) is 6.33. The van der Waals surface area contributed by atoms with Gasteiger partial charge in [-0.1, -0.05) is 53.0 Å². The number of para-hydroxylation sites is 1. The molecule has 0 saturated carbocycles. The molecule has 33 heavy (non-hydrogen) atoms. The molecule has 1 unspecified atom stereocenters. The third-order valence-corrected chi connectivity index (χ3v) is 5.80. The van der Waals surface area contributed by atoms with Crippen LogP contribution >= 0.6 is 34.8 Å². The molecule has 0 bridgehead atoms. The molecule has 0 aliphatic heterocycles. The average molecular weight is 504 g/mol. The molecule has 4 rings (SSSR count). The zero-order valence-corrected chi connectivity index (χ0v) is 19.6. The van der Waals surface area contributed by atoms with E-state index in [-0.39, 0.29) is 6.42 Å². The number of nitrogens with zero attached hydrogens (tertiary/aromatic N) is 4. The molecule has 0 aliphatic rings. The first-order valence-electron chi connectivity index (χ1n) is 9.85. The Bertz CT molecular complexity index is 1320. The molecule has 0 radical (unpaired) electrons. The predicted molar refractivity (Wildman–Crippen MR) is 125 cm³/mol. The summed E-state index contributed by atoms with van der Waals surface area (Å²) in [5.41, 5.74) is 2.31. The van der Waals surface area contributed by atoms with E-state index >= 15 is 0 Å². The average Bonchev–Trinajstić information content (AvgIpc) is 3.47. The quantitative estimate of drug-likeness (QED) is 0.259. The predicted octanol–water partition coefficient (Wildman–Crippen LogP) is 5.43. The third kappa shape index (κ3) is 5.11. The molecule has 1 atom stereocenters. The highest BCUT2D eigenvalue weighted by molar-refractivity contribution is 6.35. The molecule has 7 nitrogen and oxygen atoms in total. The van der Waals surface area contributed by atoms with Crippen molar-refractivity contribution in [3.63, 3.8) is 0 Å². The summed E-state index contributed by atoms with van der Waals surface area (Å²) >= 11 is 18.7. The van der Waals surface area contributed by atoms with Gasteiger partial charge >= 0.3 is 11.9 Å². The van der Waals surface area contributed by atoms with Gasteiger partial charge < -0.3 is 4.74 Å². The van der Waals surface area contributed by atoms with Gasteiger partial charge in [0, 0.05) is 23.6 Å². The third-order valence-electron chi connectivity index (χ3n) is 4.98. The maximum absolute atomic E-state index is 12.7. The van der Waals surface area contributed by atoms with Crippen LogP contribution in [0.15, 0.2) is 67.3 Å². The second-order valence-corrected chi connectivity index (χ2v) is 8.45. The number of hydrogen-bond acceptors (Lipinski definition) is 5. The first-order valence-corrected chi connectivity index (χ1v) is 11.0. The van der Waals surface area contributed by atoms with Crippen LogP contribution in [0.2, 0.25) is 15.1 Å². The van der Waals surface area contributed by atoms with Gasteiger partial charge in [-0.2, -0.15) is 10.2 Å². The van der Waals surface area contributed by atoms with Crippen LogP contribution in [0.4, 0.5) is 0 Å². The van der Waals surface area contributed by atoms with E-state index in [4.69, 9.17) is 39.5 Å². The Balaban J connectivity index is 1.48. The van der Waals surface area contributed by atoms with Gasteiger partial charge in [0.05, 0.1) is 40.0 Å². The fourth-order valence-corrected chi connectivity index (χ4v) is 4.02. The molecule has 2 aromatic carbocycles. The summed E-state index contributed by atoms with van der Waals surface area (Å²) in [6, 6.07) is 12.1. The number of halogens is 3. The lowest BCUT2D eigenvalue weighted by Crippen LogP contribution is -2.20. The highest BCUT2D eigenvalue weighted by Crippen LogP contribution is 2.33. The second-order valence-electron chi connectivity index (χ2n) is 7.20. The minimum absolute atomic E-state index is 0.126. The Morgan fingerprint density at radius 2 is 1.79 bits per heavy atom. The van der Waals surface area contributed by atoms with Crippen LogP contribution < -0.4 is 0 Å². The smallest absolute Gasteiger partial charge is 0.320 e. The van der Waals surface area contributed by atoms with E-state index in [9.17, 15) is 9.59 Å². The SMILES string of the molecule is CC(C(=O)OC(=O)Cc1ccccc1-n1cc(Cl)cn1)c1cc(Cl)c(-n2cccn2)cc1Cl. The molecule has 0 spiro atoms. The molecule has 0 amide bonds. The molecule has 0 saturated heterocycles. The van der Waals surface area contributed by atoms with Crippen LogP contribution in [0.1, 0.15) is 24.0 Å². The van der Waals surface area contributed by atoms with E-state index in [1.807, 2.05) is 6.07 Å². The lowest BCUT2D eigenvalue weighted by molar-refractivity contribution is -0.160. The van der Waals surface area contributed by atoms with Crippen molar-refractivity contribution in [2.24, 2.45) is 0 Å². The van der Waals surface area contributed by atoms with Crippen LogP contribution in [-0.4, -0.2) is 31.5 Å². The van der Waals surface area contributed by atoms with Crippen LogP contribution in [0.25, 0.3) is 11.4 Å². The van der Waals surface area contributed by atoms with Crippen molar-refractivity contribution >= 4 is 46.7 Å². The van der Waals surface area contributed by atoms with Crippen molar-refractivity contribution in [1.29, 1.82) is 0 Å². The number of esters is 2. The topological polar surface area (TPSA) is 79.0 Å². The van der Waals surface area contributed by atoms with Crippen molar-refractivity contribution in [2.45, 2.75) is 19.3 Å². The summed E-state index contributed by atoms with van der Waals surface area (Å²) in [5.74, 6) is -2.25. The normalized spacial score (nSPS) is 11.9. The Hall–Kier alpha value is -3.13. The number of rotatable bonds is 6. The largest absolute Gasteiger partial charge is 0.392 e. The summed E-state index contributed by atoms with van der Waals surface area (Å²) in [6.45, 7) is 1.60. The minimum atomic E-state index is -0.814. The maximum atomic E-state index is 12.7. The standard InChI is InChI=1S/C23H17Cl3N4O3/c1-14(17-10-19(26)21(11-18(17)25)29-8-4-7-27-29)23(32)33-22(31)9-15-5-2-3-6-20(15)30-13-16(24)12-28-30/h2-8,10-14H,9H2,1H3. The number of carbonyl (C=O) groups excluding carboxylic acids is 2. The molecule has 4 aromatic rings. The van der Waals surface area contributed by atoms with Crippen LogP contribution in [0.3, 0.4) is 0 Å². The second kappa shape index (κ2) is 9.79. The van der Waals surface area contributed by atoms with Crippen molar-refractivity contribution < 1.29 is 14.3 Å². The Labute approximate surface area is 204 Å². The fraction of sp³-hybridized carbons (Fsp3) is 0.130. The monoisotopic (exact) mass is 502 g/mol. The summed E-state index contributed by atoms with van der Waals surface area (Å²) in [4.78, 5) is 25.2. The highest BCUT2D eigenvalue weighted by Gasteiger charge is 2.24. The summed E-state index contributed by atoms with van der Waals surface area (Å²) in [7, 11) is 0. The van der Waals surface area contributed by atoms with Crippen molar-refractivity contribution in [3.8, 4) is 11.4 Å². The lowest BCUT2D eigenvalue weighted by atomic mass is 10.0. The van der Waals surface area contributed by atoms with Crippen molar-refractivity contribution in [2.75, 3.05) is 0 Å². The van der Waals surface area contributed by atoms with E-state index < -0.39 is 17.9 Å². The highest BCUT2D eigenvalue weighted by atomic mass is 35.5. The zero-order valence-electron chi connectivity index (χ0n) is 17.3. The summed E-state index contributed by atoms with van der Waals surface area (Å²) < 4.78 is 8.23. The maximum Gasteiger partial charge on any atom is 0.320 e. The summed E-state index contributed by atoms with van der Waals surface area (Å²) in [5, 5.41) is 9.42. The molecule has 0 N–H and O–H groups in total. The number of ether oxygens (including phenoxy) is 1. The van der Waals surface area contributed by atoms with Gasteiger partial charge in [-0.05, 0) is 42.3 Å². The fourth-order valence-electron chi connectivity index (χ4n) is 3.31. The van der Waals surface area contributed by atoms with Gasteiger partial charge in [-0.25, -0.2) is 9.36 Å². The van der Waals surface area contributed by atoms with Crippen LogP contribution in [-0.2, 0) is 20.7 Å². The minimum Gasteiger partial charge on any atom is -0.392 e. The number of benzene rings is 2. The Morgan fingerprint density at radius 3 is 2.48 bits per heavy atom. The van der Waals surface area contributed by atoms with E-state index in [2.05, 4.69) is 10.2 Å². The van der Waals surface area contributed by atoms with Gasteiger partial charge in [0.25, 0.3) is 0 Å². The van der Waals surface area contributed by atoms with E-state index in [1.165, 1.54) is 6.20 Å². The van der Waals surface area contributed by atoms with Gasteiger partial charge in [0.15, 0.2) is 0 Å². The van der Waals surface area contributed by atoms with Crippen molar-refractivity contribution in [3.05, 3.63) is 93.4 Å². The number of aromatic nitrogens is 4. The first-order chi connectivity index (χ1) is 15.8. The first kappa shape index (κ1) is 23.0. The Morgan fingerprint density at radius 1 is 1.00 bits per heavy atom. The van der Waals surface area contributed by atoms with Gasteiger partial charge in [-0.15, -0.1) is 0 Å². The van der Waals surface area contributed by atoms with Crippen molar-refractivity contribution in [1.82, 2.24) is 19.6 Å². The molecular weight excluding hydrogens is 487 g/mol. The molecular formula is C23H17Cl3N4O3. The lowest BCUT2D eigenvalue weighted by Gasteiger charge is -2.15. The molecule has 168 valence electrons. The molecule has 2 aromatic heterocycles. The van der Waals surface area contributed by atoms with Gasteiger partial charge in [0.2, 0.25) is 0 Å². The van der Waals surface area contributed by atoms with Crippen LogP contribution in [0.5, 0.6) is 0 Å². The van der Waals surface area contributed by atoms with Gasteiger partial charge in [-0.3, -0.25) is 9.59 Å². The Kier molecular flexibility index (Phi) is 6.83. The van der Waals surface area contributed by atoms with Crippen LogP contribution in [0, 0.1) is 0 Å². The molecule has 0 fully saturated rings. The molecule has 2 heterocycles. The molecule has 0 aliphatic carbocycles. The van der Waals surface area contributed by atoms with E-state index in [1.54, 1.807) is 71.3 Å².